The summed E-state index contributed by atoms with van der Waals surface area (Å²) in [7, 11) is 0. The first-order chi connectivity index (χ1) is 12.6. The molecule has 1 aromatic heterocycles. The molecule has 2 heterocycles. The van der Waals surface area contributed by atoms with E-state index >= 15 is 0 Å². The predicted molar refractivity (Wildman–Crippen MR) is 99.1 cm³/mol. The number of rotatable bonds is 2. The van der Waals surface area contributed by atoms with Crippen molar-refractivity contribution in [2.75, 3.05) is 26.3 Å². The summed E-state index contributed by atoms with van der Waals surface area (Å²) in [6.07, 6.45) is 1.10. The molecule has 1 aromatic carbocycles. The zero-order valence-electron chi connectivity index (χ0n) is 14.7. The molecular weight excluding hydrogens is 352 g/mol. The van der Waals surface area contributed by atoms with E-state index in [-0.39, 0.29) is 17.6 Å². The molecule has 1 atom stereocenters. The molecule has 2 aromatic rings. The van der Waals surface area contributed by atoms with Crippen molar-refractivity contribution in [3.05, 3.63) is 57.4 Å². The summed E-state index contributed by atoms with van der Waals surface area (Å²) in [5.74, 6) is 0.0568. The number of carbonyl (C=O) groups is 2. The summed E-state index contributed by atoms with van der Waals surface area (Å²) in [6, 6.07) is 7.65. The van der Waals surface area contributed by atoms with Gasteiger partial charge in [-0.25, -0.2) is 0 Å². The topological polar surface area (TPSA) is 62.4 Å². The molecule has 1 aliphatic carbocycles. The van der Waals surface area contributed by atoms with Crippen LogP contribution in [0, 0.1) is 6.92 Å². The molecular formula is C20H21ClN2O3. The highest BCUT2D eigenvalue weighted by Gasteiger charge is 2.33. The van der Waals surface area contributed by atoms with Crippen molar-refractivity contribution in [3.63, 3.8) is 0 Å². The molecule has 1 amide bonds. The van der Waals surface area contributed by atoms with Crippen LogP contribution in [0.4, 0.5) is 0 Å². The summed E-state index contributed by atoms with van der Waals surface area (Å²) in [6.45, 7) is 4.13. The lowest BCUT2D eigenvalue weighted by molar-refractivity contribution is 0.0299. The second kappa shape index (κ2) is 6.89. The molecule has 2 aliphatic rings. The van der Waals surface area contributed by atoms with Gasteiger partial charge in [-0.3, -0.25) is 9.59 Å². The Morgan fingerprint density at radius 3 is 2.69 bits per heavy atom. The number of aromatic amines is 1. The third kappa shape index (κ3) is 2.95. The van der Waals surface area contributed by atoms with Gasteiger partial charge in [0, 0.05) is 35.8 Å². The average molecular weight is 373 g/mol. The molecule has 4 rings (SSSR count). The van der Waals surface area contributed by atoms with Crippen LogP contribution in [0.3, 0.4) is 0 Å². The molecule has 136 valence electrons. The van der Waals surface area contributed by atoms with Crippen LogP contribution >= 0.6 is 11.6 Å². The van der Waals surface area contributed by atoms with Crippen LogP contribution in [0.15, 0.2) is 24.3 Å². The second-order valence-corrected chi connectivity index (χ2v) is 7.34. The van der Waals surface area contributed by atoms with E-state index in [9.17, 15) is 9.59 Å². The minimum atomic E-state index is -0.0534. The highest BCUT2D eigenvalue weighted by molar-refractivity contribution is 6.31. The SMILES string of the molecule is Cc1c(C(=O)N2CCOCC2)[nH]c2c1C(=O)C[C@@H](c1ccccc1Cl)C2. The summed E-state index contributed by atoms with van der Waals surface area (Å²) >= 11 is 6.33. The molecule has 1 aliphatic heterocycles. The quantitative estimate of drug-likeness (QED) is 0.879. The number of ether oxygens (including phenoxy) is 1. The lowest BCUT2D eigenvalue weighted by atomic mass is 9.81. The predicted octanol–water partition coefficient (Wildman–Crippen LogP) is 3.36. The van der Waals surface area contributed by atoms with E-state index in [1.807, 2.05) is 31.2 Å². The van der Waals surface area contributed by atoms with Gasteiger partial charge in [-0.15, -0.1) is 0 Å². The maximum atomic E-state index is 12.9. The van der Waals surface area contributed by atoms with E-state index in [0.29, 0.717) is 55.4 Å². The number of morpholine rings is 1. The van der Waals surface area contributed by atoms with Crippen molar-refractivity contribution in [2.24, 2.45) is 0 Å². The first-order valence-corrected chi connectivity index (χ1v) is 9.30. The van der Waals surface area contributed by atoms with Crippen LogP contribution in [-0.2, 0) is 11.2 Å². The second-order valence-electron chi connectivity index (χ2n) is 6.93. The third-order valence-electron chi connectivity index (χ3n) is 5.35. The molecule has 26 heavy (non-hydrogen) atoms. The van der Waals surface area contributed by atoms with Crippen LogP contribution in [0.2, 0.25) is 5.02 Å². The molecule has 0 saturated carbocycles. The Hall–Kier alpha value is -2.11. The van der Waals surface area contributed by atoms with Gasteiger partial charge in [-0.05, 0) is 36.5 Å². The maximum absolute atomic E-state index is 12.9. The van der Waals surface area contributed by atoms with Gasteiger partial charge in [0.25, 0.3) is 5.91 Å². The largest absolute Gasteiger partial charge is 0.378 e. The van der Waals surface area contributed by atoms with E-state index in [1.165, 1.54) is 0 Å². The Kier molecular flexibility index (Phi) is 4.59. The molecule has 0 bridgehead atoms. The summed E-state index contributed by atoms with van der Waals surface area (Å²) in [5, 5.41) is 0.682. The Balaban J connectivity index is 1.66. The zero-order valence-corrected chi connectivity index (χ0v) is 15.4. The number of hydrogen-bond donors (Lipinski definition) is 1. The van der Waals surface area contributed by atoms with E-state index in [2.05, 4.69) is 4.98 Å². The van der Waals surface area contributed by atoms with Gasteiger partial charge >= 0.3 is 0 Å². The lowest BCUT2D eigenvalue weighted by Crippen LogP contribution is -2.41. The molecule has 1 saturated heterocycles. The van der Waals surface area contributed by atoms with Crippen molar-refractivity contribution >= 4 is 23.3 Å². The fourth-order valence-electron chi connectivity index (χ4n) is 4.00. The normalized spacial score (nSPS) is 20.2. The number of ketones is 1. The first kappa shape index (κ1) is 17.3. The van der Waals surface area contributed by atoms with Gasteiger partial charge in [0.2, 0.25) is 0 Å². The molecule has 5 nitrogen and oxygen atoms in total. The summed E-state index contributed by atoms with van der Waals surface area (Å²) in [4.78, 5) is 30.7. The van der Waals surface area contributed by atoms with Gasteiger partial charge in [-0.2, -0.15) is 0 Å². The van der Waals surface area contributed by atoms with Crippen molar-refractivity contribution in [2.45, 2.75) is 25.7 Å². The molecule has 1 N–H and O–H groups in total. The Bertz CT molecular complexity index is 868. The Morgan fingerprint density at radius 1 is 1.23 bits per heavy atom. The zero-order chi connectivity index (χ0) is 18.3. The lowest BCUT2D eigenvalue weighted by Gasteiger charge is -2.26. The Labute approximate surface area is 157 Å². The number of aromatic nitrogens is 1. The number of halogens is 1. The van der Waals surface area contributed by atoms with Crippen LogP contribution in [0.1, 0.15) is 50.0 Å². The van der Waals surface area contributed by atoms with Crippen molar-refractivity contribution < 1.29 is 14.3 Å². The van der Waals surface area contributed by atoms with Crippen molar-refractivity contribution in [1.29, 1.82) is 0 Å². The molecule has 1 fully saturated rings. The monoisotopic (exact) mass is 372 g/mol. The fraction of sp³-hybridized carbons (Fsp3) is 0.400. The Morgan fingerprint density at radius 2 is 1.96 bits per heavy atom. The minimum Gasteiger partial charge on any atom is -0.378 e. The average Bonchev–Trinajstić information content (AvgIpc) is 2.99. The van der Waals surface area contributed by atoms with E-state index < -0.39 is 0 Å². The number of carbonyl (C=O) groups excluding carboxylic acids is 2. The van der Waals surface area contributed by atoms with Crippen LogP contribution in [0.5, 0.6) is 0 Å². The van der Waals surface area contributed by atoms with E-state index in [1.54, 1.807) is 4.90 Å². The standard InChI is InChI=1S/C20H21ClN2O3/c1-12-18-16(22-19(12)20(25)23-6-8-26-9-7-23)10-13(11-17(18)24)14-4-2-3-5-15(14)21/h2-5,13,22H,6-11H2,1H3/t13-/m0/s1. The van der Waals surface area contributed by atoms with Crippen LogP contribution in [-0.4, -0.2) is 47.9 Å². The number of fused-ring (bicyclic) bond motifs is 1. The number of nitrogens with zero attached hydrogens (tertiary/aromatic N) is 1. The van der Waals surface area contributed by atoms with Crippen molar-refractivity contribution in [3.8, 4) is 0 Å². The minimum absolute atomic E-state index is 0.0353. The van der Waals surface area contributed by atoms with Crippen LogP contribution < -0.4 is 0 Å². The summed E-state index contributed by atoms with van der Waals surface area (Å²) in [5.41, 5.74) is 3.82. The maximum Gasteiger partial charge on any atom is 0.270 e. The number of amides is 1. The molecule has 6 heteroatoms. The number of Topliss-reactive ketones (excluding diaryl/α,β-unsaturated/α-hetero) is 1. The smallest absolute Gasteiger partial charge is 0.270 e. The summed E-state index contributed by atoms with van der Waals surface area (Å²) < 4.78 is 5.32. The first-order valence-electron chi connectivity index (χ1n) is 8.92. The molecule has 0 spiro atoms. The number of benzene rings is 1. The number of nitrogens with one attached hydrogen (secondary N) is 1. The van der Waals surface area contributed by atoms with Gasteiger partial charge in [0.05, 0.1) is 13.2 Å². The number of H-pyrrole nitrogens is 1. The number of hydrogen-bond acceptors (Lipinski definition) is 3. The molecule has 0 unspecified atom stereocenters. The molecule has 0 radical (unpaired) electrons. The van der Waals surface area contributed by atoms with E-state index in [4.69, 9.17) is 16.3 Å². The van der Waals surface area contributed by atoms with Gasteiger partial charge in [0.1, 0.15) is 5.69 Å². The van der Waals surface area contributed by atoms with Crippen LogP contribution in [0.25, 0.3) is 0 Å². The van der Waals surface area contributed by atoms with Gasteiger partial charge in [-0.1, -0.05) is 29.8 Å². The van der Waals surface area contributed by atoms with E-state index in [0.717, 1.165) is 16.8 Å². The highest BCUT2D eigenvalue weighted by atomic mass is 35.5. The highest BCUT2D eigenvalue weighted by Crippen LogP contribution is 2.37. The van der Waals surface area contributed by atoms with Crippen molar-refractivity contribution in [1.82, 2.24) is 9.88 Å². The third-order valence-corrected chi connectivity index (χ3v) is 5.69. The fourth-order valence-corrected chi connectivity index (χ4v) is 4.29. The van der Waals surface area contributed by atoms with Gasteiger partial charge < -0.3 is 14.6 Å². The van der Waals surface area contributed by atoms with Gasteiger partial charge in [0.15, 0.2) is 5.78 Å².